The summed E-state index contributed by atoms with van der Waals surface area (Å²) < 4.78 is 27.5. The molecular weight excluding hydrogens is 449 g/mol. The van der Waals surface area contributed by atoms with Crippen molar-refractivity contribution in [3.8, 4) is 0 Å². The van der Waals surface area contributed by atoms with E-state index >= 15 is 0 Å². The maximum Gasteiger partial charge on any atom is 0.159 e. The minimum atomic E-state index is -2.10. The summed E-state index contributed by atoms with van der Waals surface area (Å²) in [4.78, 5) is 0. The molecule has 29 heavy (non-hydrogen) atoms. The van der Waals surface area contributed by atoms with Gasteiger partial charge >= 0.3 is 0 Å². The number of benzene rings is 4. The summed E-state index contributed by atoms with van der Waals surface area (Å²) in [5.74, 6) is -1.61. The molecular formula is C25H21BrF2P. The molecule has 0 spiro atoms. The predicted molar refractivity (Wildman–Crippen MR) is 126 cm³/mol. The molecule has 4 aromatic rings. The molecule has 0 bridgehead atoms. The van der Waals surface area contributed by atoms with Crippen LogP contribution in [0.15, 0.2) is 109 Å². The molecule has 4 rings (SSSR count). The molecule has 0 heterocycles. The van der Waals surface area contributed by atoms with Gasteiger partial charge in [-0.05, 0) is 40.9 Å². The van der Waals surface area contributed by atoms with E-state index in [1.165, 1.54) is 28.0 Å². The van der Waals surface area contributed by atoms with Crippen LogP contribution in [0.5, 0.6) is 0 Å². The van der Waals surface area contributed by atoms with Crippen LogP contribution in [0.3, 0.4) is 0 Å². The van der Waals surface area contributed by atoms with Gasteiger partial charge in [0.2, 0.25) is 0 Å². The third-order valence-electron chi connectivity index (χ3n) is 4.99. The van der Waals surface area contributed by atoms with Gasteiger partial charge in [0.1, 0.15) is 0 Å². The minimum Gasteiger partial charge on any atom is -0.204 e. The van der Waals surface area contributed by atoms with Crippen molar-refractivity contribution in [1.29, 1.82) is 0 Å². The summed E-state index contributed by atoms with van der Waals surface area (Å²) in [6.07, 6.45) is 0.627. The van der Waals surface area contributed by atoms with E-state index in [4.69, 9.17) is 0 Å². The SMILES string of the molecule is Br.Fc1ccc(C[P](c2ccccc2)(c2ccccc2)c2ccccc2)cc1F. The van der Waals surface area contributed by atoms with E-state index in [9.17, 15) is 8.78 Å². The monoisotopic (exact) mass is 469 g/mol. The molecule has 0 fully saturated rings. The lowest BCUT2D eigenvalue weighted by atomic mass is 10.2. The molecule has 4 heteroatoms. The van der Waals surface area contributed by atoms with E-state index in [1.54, 1.807) is 6.07 Å². The molecule has 0 aliphatic rings. The quantitative estimate of drug-likeness (QED) is 0.312. The van der Waals surface area contributed by atoms with Crippen LogP contribution in [0.2, 0.25) is 0 Å². The van der Waals surface area contributed by atoms with Gasteiger partial charge in [-0.25, -0.2) is 8.78 Å². The molecule has 1 radical (unpaired) electrons. The number of hydrogen-bond donors (Lipinski definition) is 0. The molecule has 0 atom stereocenters. The Morgan fingerprint density at radius 1 is 0.517 bits per heavy atom. The lowest BCUT2D eigenvalue weighted by Gasteiger charge is -2.38. The van der Waals surface area contributed by atoms with Gasteiger partial charge in [-0.1, -0.05) is 97.1 Å². The Labute approximate surface area is 181 Å². The van der Waals surface area contributed by atoms with E-state index < -0.39 is 18.9 Å². The molecule has 0 aliphatic carbocycles. The van der Waals surface area contributed by atoms with Crippen LogP contribution in [-0.2, 0) is 6.16 Å². The molecule has 0 amide bonds. The summed E-state index contributed by atoms with van der Waals surface area (Å²) in [6, 6.07) is 35.4. The van der Waals surface area contributed by atoms with Crippen molar-refractivity contribution < 1.29 is 8.78 Å². The second-order valence-corrected chi connectivity index (χ2v) is 10.2. The lowest BCUT2D eigenvalue weighted by molar-refractivity contribution is 0.507. The smallest absolute Gasteiger partial charge is 0.159 e. The summed E-state index contributed by atoms with van der Waals surface area (Å²) >= 11 is 0. The minimum absolute atomic E-state index is 0. The number of hydrogen-bond acceptors (Lipinski definition) is 0. The highest BCUT2D eigenvalue weighted by molar-refractivity contribution is 8.93. The third-order valence-corrected chi connectivity index (χ3v) is 9.37. The third kappa shape index (κ3) is 4.32. The summed E-state index contributed by atoms with van der Waals surface area (Å²) in [5, 5.41) is 3.66. The Balaban J connectivity index is 0.00000240. The highest BCUT2D eigenvalue weighted by Gasteiger charge is 2.34. The fraction of sp³-hybridized carbons (Fsp3) is 0.0400. The zero-order chi connectivity index (χ0) is 19.4. The first-order valence-electron chi connectivity index (χ1n) is 9.19. The molecule has 147 valence electrons. The Morgan fingerprint density at radius 2 is 0.931 bits per heavy atom. The predicted octanol–water partition coefficient (Wildman–Crippen LogP) is 6.04. The van der Waals surface area contributed by atoms with E-state index in [-0.39, 0.29) is 17.0 Å². The topological polar surface area (TPSA) is 0 Å². The first kappa shape index (κ1) is 21.4. The van der Waals surface area contributed by atoms with Gasteiger partial charge in [-0.15, -0.1) is 17.0 Å². The van der Waals surface area contributed by atoms with Gasteiger partial charge in [-0.3, -0.25) is 0 Å². The first-order chi connectivity index (χ1) is 13.7. The molecule has 0 aliphatic heterocycles. The average molecular weight is 470 g/mol. The Morgan fingerprint density at radius 3 is 1.31 bits per heavy atom. The summed E-state index contributed by atoms with van der Waals surface area (Å²) in [5.41, 5.74) is 0.795. The standard InChI is InChI=1S/C25H20F2P.BrH/c26-24-17-16-20(18-25(24)27)19-28(21-10-4-1-5-11-21,22-12-6-2-7-13-22)23-14-8-3-9-15-23;/h1-18H,19H2;1H. The second-order valence-electron chi connectivity index (χ2n) is 6.72. The highest BCUT2D eigenvalue weighted by atomic mass is 79.9. The van der Waals surface area contributed by atoms with Gasteiger partial charge in [0.25, 0.3) is 0 Å². The highest BCUT2D eigenvalue weighted by Crippen LogP contribution is 2.58. The maximum absolute atomic E-state index is 14.0. The molecule has 4 aromatic carbocycles. The lowest BCUT2D eigenvalue weighted by Crippen LogP contribution is -2.32. The van der Waals surface area contributed by atoms with Crippen molar-refractivity contribution in [2.45, 2.75) is 6.16 Å². The molecule has 0 saturated carbocycles. The van der Waals surface area contributed by atoms with Crippen molar-refractivity contribution in [1.82, 2.24) is 0 Å². The van der Waals surface area contributed by atoms with Crippen molar-refractivity contribution in [3.05, 3.63) is 126 Å². The van der Waals surface area contributed by atoms with E-state index in [2.05, 4.69) is 36.4 Å². The largest absolute Gasteiger partial charge is 0.204 e. The van der Waals surface area contributed by atoms with Crippen molar-refractivity contribution in [3.63, 3.8) is 0 Å². The van der Waals surface area contributed by atoms with Crippen molar-refractivity contribution in [2.24, 2.45) is 0 Å². The van der Waals surface area contributed by atoms with Crippen LogP contribution in [-0.4, -0.2) is 0 Å². The van der Waals surface area contributed by atoms with E-state index in [1.807, 2.05) is 54.6 Å². The molecule has 0 nitrogen and oxygen atoms in total. The van der Waals surface area contributed by atoms with Crippen molar-refractivity contribution >= 4 is 40.2 Å². The average Bonchev–Trinajstić information content (AvgIpc) is 2.76. The van der Waals surface area contributed by atoms with Gasteiger partial charge in [0.05, 0.1) is 0 Å². The normalized spacial score (nSPS) is 11.0. The van der Waals surface area contributed by atoms with Gasteiger partial charge in [-0.2, -0.15) is 0 Å². The molecule has 0 aromatic heterocycles. The van der Waals surface area contributed by atoms with Gasteiger partial charge < -0.3 is 0 Å². The van der Waals surface area contributed by atoms with E-state index in [0.29, 0.717) is 6.16 Å². The zero-order valence-corrected chi connectivity index (χ0v) is 18.3. The van der Waals surface area contributed by atoms with Crippen LogP contribution >= 0.6 is 24.2 Å². The Kier molecular flexibility index (Phi) is 6.95. The Bertz CT molecular complexity index is 957. The van der Waals surface area contributed by atoms with Gasteiger partial charge in [0, 0.05) is 6.16 Å². The van der Waals surface area contributed by atoms with Crippen LogP contribution in [0.4, 0.5) is 8.78 Å². The molecule has 0 saturated heterocycles. The van der Waals surface area contributed by atoms with Gasteiger partial charge in [0.15, 0.2) is 11.6 Å². The van der Waals surface area contributed by atoms with Crippen molar-refractivity contribution in [2.75, 3.05) is 0 Å². The number of rotatable bonds is 5. The van der Waals surface area contributed by atoms with Crippen LogP contribution in [0.1, 0.15) is 5.56 Å². The fourth-order valence-corrected chi connectivity index (χ4v) is 7.91. The fourth-order valence-electron chi connectivity index (χ4n) is 3.68. The summed E-state index contributed by atoms with van der Waals surface area (Å²) in [6.45, 7) is 0. The second kappa shape index (κ2) is 9.43. The summed E-state index contributed by atoms with van der Waals surface area (Å²) in [7, 11) is -2.10. The van der Waals surface area contributed by atoms with Crippen LogP contribution in [0.25, 0.3) is 0 Å². The zero-order valence-electron chi connectivity index (χ0n) is 15.7. The molecule has 0 N–H and O–H groups in total. The van der Waals surface area contributed by atoms with Crippen LogP contribution in [0, 0.1) is 11.6 Å². The van der Waals surface area contributed by atoms with Crippen LogP contribution < -0.4 is 15.9 Å². The first-order valence-corrected chi connectivity index (χ1v) is 11.2. The van der Waals surface area contributed by atoms with E-state index in [0.717, 1.165) is 5.56 Å². The maximum atomic E-state index is 14.0. The molecule has 0 unspecified atom stereocenters. The Hall–Kier alpha value is -2.35. The number of halogens is 3.